The monoisotopic (exact) mass is 178 g/mol. The van der Waals surface area contributed by atoms with E-state index in [0.717, 1.165) is 5.56 Å². The molecule has 0 aliphatic heterocycles. The Morgan fingerprint density at radius 2 is 2.23 bits per heavy atom. The summed E-state index contributed by atoms with van der Waals surface area (Å²) in [6, 6.07) is 4.39. The third-order valence-corrected chi connectivity index (χ3v) is 1.96. The maximum Gasteiger partial charge on any atom is 0.185 e. The summed E-state index contributed by atoms with van der Waals surface area (Å²) in [7, 11) is 0. The number of halogens is 1. The smallest absolute Gasteiger partial charge is 0.185 e. The molecule has 66 valence electrons. The van der Waals surface area contributed by atoms with Gasteiger partial charge in [-0.2, -0.15) is 0 Å². The van der Waals surface area contributed by atoms with Crippen LogP contribution in [0, 0.1) is 12.7 Å². The van der Waals surface area contributed by atoms with Crippen LogP contribution in [0.2, 0.25) is 0 Å². The van der Waals surface area contributed by atoms with E-state index in [9.17, 15) is 9.18 Å². The van der Waals surface area contributed by atoms with Crippen LogP contribution in [0.15, 0.2) is 22.6 Å². The average Bonchev–Trinajstić information content (AvgIpc) is 2.56. The lowest BCUT2D eigenvalue weighted by Gasteiger charge is -1.93. The molecule has 0 aliphatic carbocycles. The quantitative estimate of drug-likeness (QED) is 0.628. The zero-order valence-corrected chi connectivity index (χ0v) is 7.00. The van der Waals surface area contributed by atoms with Gasteiger partial charge in [-0.3, -0.25) is 4.79 Å². The van der Waals surface area contributed by atoms with Crippen molar-refractivity contribution in [2.45, 2.75) is 6.92 Å². The minimum absolute atomic E-state index is 0.156. The molecule has 0 bridgehead atoms. The van der Waals surface area contributed by atoms with Crippen LogP contribution in [0.25, 0.3) is 11.0 Å². The van der Waals surface area contributed by atoms with Crippen LogP contribution < -0.4 is 0 Å². The summed E-state index contributed by atoms with van der Waals surface area (Å²) in [5.41, 5.74) is 1.27. The minimum atomic E-state index is -0.363. The second-order valence-electron chi connectivity index (χ2n) is 2.87. The standard InChI is InChI=1S/C10H7FO2/c1-6-2-3-9(11)8-4-7(5-12)13-10(6)8/h2-5H,1H3. The first-order valence-electron chi connectivity index (χ1n) is 3.86. The van der Waals surface area contributed by atoms with E-state index in [2.05, 4.69) is 0 Å². The molecule has 1 heterocycles. The van der Waals surface area contributed by atoms with E-state index in [-0.39, 0.29) is 11.6 Å². The zero-order valence-electron chi connectivity index (χ0n) is 7.00. The number of rotatable bonds is 1. The fraction of sp³-hybridized carbons (Fsp3) is 0.100. The fourth-order valence-corrected chi connectivity index (χ4v) is 1.30. The normalized spacial score (nSPS) is 10.6. The summed E-state index contributed by atoms with van der Waals surface area (Å²) in [4.78, 5) is 10.4. The van der Waals surface area contributed by atoms with Gasteiger partial charge in [-0.15, -0.1) is 0 Å². The lowest BCUT2D eigenvalue weighted by atomic mass is 10.2. The van der Waals surface area contributed by atoms with E-state index < -0.39 is 0 Å². The van der Waals surface area contributed by atoms with Crippen molar-refractivity contribution in [1.82, 2.24) is 0 Å². The third-order valence-electron chi connectivity index (χ3n) is 1.96. The van der Waals surface area contributed by atoms with E-state index in [1.165, 1.54) is 12.1 Å². The van der Waals surface area contributed by atoms with Gasteiger partial charge in [-0.05, 0) is 24.6 Å². The molecule has 1 aromatic carbocycles. The maximum absolute atomic E-state index is 13.1. The molecule has 1 aromatic heterocycles. The van der Waals surface area contributed by atoms with Crippen LogP contribution in [0.5, 0.6) is 0 Å². The van der Waals surface area contributed by atoms with Crippen molar-refractivity contribution in [2.75, 3.05) is 0 Å². The summed E-state index contributed by atoms with van der Waals surface area (Å²) in [6.07, 6.45) is 0.568. The summed E-state index contributed by atoms with van der Waals surface area (Å²) in [5, 5.41) is 0.363. The fourth-order valence-electron chi connectivity index (χ4n) is 1.30. The molecule has 2 nitrogen and oxygen atoms in total. The van der Waals surface area contributed by atoms with E-state index in [1.807, 2.05) is 0 Å². The summed E-state index contributed by atoms with van der Waals surface area (Å²) < 4.78 is 18.3. The topological polar surface area (TPSA) is 30.2 Å². The molecule has 3 heteroatoms. The Hall–Kier alpha value is -1.64. The largest absolute Gasteiger partial charge is 0.453 e. The van der Waals surface area contributed by atoms with Crippen LogP contribution in [0.1, 0.15) is 16.1 Å². The molecular formula is C10H7FO2. The third kappa shape index (κ3) is 1.13. The Balaban J connectivity index is 2.87. The molecule has 0 amide bonds. The second kappa shape index (κ2) is 2.69. The molecule has 2 aromatic rings. The van der Waals surface area contributed by atoms with Crippen LogP contribution >= 0.6 is 0 Å². The summed E-state index contributed by atoms with van der Waals surface area (Å²) >= 11 is 0. The zero-order chi connectivity index (χ0) is 9.42. The number of aldehydes is 1. The SMILES string of the molecule is Cc1ccc(F)c2cc(C=O)oc12. The molecule has 0 radical (unpaired) electrons. The van der Waals surface area contributed by atoms with Gasteiger partial charge >= 0.3 is 0 Å². The van der Waals surface area contributed by atoms with Crippen LogP contribution in [0.3, 0.4) is 0 Å². The van der Waals surface area contributed by atoms with Gasteiger partial charge in [-0.1, -0.05) is 6.07 Å². The Kier molecular flexibility index (Phi) is 1.65. The van der Waals surface area contributed by atoms with Gasteiger partial charge in [0.05, 0.1) is 5.39 Å². The van der Waals surface area contributed by atoms with Crippen LogP contribution in [-0.4, -0.2) is 6.29 Å². The number of hydrogen-bond acceptors (Lipinski definition) is 2. The van der Waals surface area contributed by atoms with Gasteiger partial charge in [0.15, 0.2) is 12.0 Å². The summed E-state index contributed by atoms with van der Waals surface area (Å²) in [5.74, 6) is -0.208. The van der Waals surface area contributed by atoms with Gasteiger partial charge in [0.2, 0.25) is 0 Å². The highest BCUT2D eigenvalue weighted by Crippen LogP contribution is 2.24. The van der Waals surface area contributed by atoms with E-state index in [1.54, 1.807) is 13.0 Å². The molecule has 0 saturated heterocycles. The van der Waals surface area contributed by atoms with Crippen molar-refractivity contribution in [1.29, 1.82) is 0 Å². The molecule has 0 atom stereocenters. The van der Waals surface area contributed by atoms with Crippen molar-refractivity contribution in [3.63, 3.8) is 0 Å². The highest BCUT2D eigenvalue weighted by Gasteiger charge is 2.09. The Labute approximate surface area is 74.0 Å². The average molecular weight is 178 g/mol. The predicted molar refractivity (Wildman–Crippen MR) is 46.3 cm³/mol. The van der Waals surface area contributed by atoms with Gasteiger partial charge in [-0.25, -0.2) is 4.39 Å². The number of aryl methyl sites for hydroxylation is 1. The van der Waals surface area contributed by atoms with Crippen molar-refractivity contribution in [3.8, 4) is 0 Å². The van der Waals surface area contributed by atoms with Crippen molar-refractivity contribution in [3.05, 3.63) is 35.3 Å². The molecule has 0 spiro atoms. The minimum Gasteiger partial charge on any atom is -0.453 e. The number of hydrogen-bond donors (Lipinski definition) is 0. The summed E-state index contributed by atoms with van der Waals surface area (Å²) in [6.45, 7) is 1.81. The maximum atomic E-state index is 13.1. The first-order chi connectivity index (χ1) is 6.22. The molecule has 2 rings (SSSR count). The second-order valence-corrected chi connectivity index (χ2v) is 2.87. The van der Waals surface area contributed by atoms with Crippen molar-refractivity contribution < 1.29 is 13.6 Å². The molecule has 0 saturated carbocycles. The predicted octanol–water partition coefficient (Wildman–Crippen LogP) is 2.69. The molecule has 0 N–H and O–H groups in total. The van der Waals surface area contributed by atoms with Crippen LogP contribution in [-0.2, 0) is 0 Å². The lowest BCUT2D eigenvalue weighted by molar-refractivity contribution is 0.110. The first-order valence-corrected chi connectivity index (χ1v) is 3.86. The van der Waals surface area contributed by atoms with Gasteiger partial charge in [0.25, 0.3) is 0 Å². The highest BCUT2D eigenvalue weighted by molar-refractivity contribution is 5.87. The van der Waals surface area contributed by atoms with E-state index >= 15 is 0 Å². The molecule has 0 aliphatic rings. The van der Waals surface area contributed by atoms with Gasteiger partial charge in [0.1, 0.15) is 11.4 Å². The number of fused-ring (bicyclic) bond motifs is 1. The molecule has 0 fully saturated rings. The lowest BCUT2D eigenvalue weighted by Crippen LogP contribution is -1.77. The number of benzene rings is 1. The first kappa shape index (κ1) is 7.98. The van der Waals surface area contributed by atoms with Gasteiger partial charge < -0.3 is 4.42 Å². The molecular weight excluding hydrogens is 171 g/mol. The Morgan fingerprint density at radius 3 is 2.85 bits per heavy atom. The number of furan rings is 1. The van der Waals surface area contributed by atoms with E-state index in [4.69, 9.17) is 4.42 Å². The van der Waals surface area contributed by atoms with E-state index in [0.29, 0.717) is 17.3 Å². The van der Waals surface area contributed by atoms with Crippen molar-refractivity contribution >= 4 is 17.3 Å². The van der Waals surface area contributed by atoms with Gasteiger partial charge in [0, 0.05) is 0 Å². The number of carbonyl (C=O) groups excluding carboxylic acids is 1. The molecule has 13 heavy (non-hydrogen) atoms. The van der Waals surface area contributed by atoms with Crippen molar-refractivity contribution in [2.24, 2.45) is 0 Å². The Morgan fingerprint density at radius 1 is 1.46 bits per heavy atom. The number of carbonyl (C=O) groups is 1. The van der Waals surface area contributed by atoms with Crippen LogP contribution in [0.4, 0.5) is 4.39 Å². The molecule has 0 unspecified atom stereocenters. The Bertz CT molecular complexity index is 432. The highest BCUT2D eigenvalue weighted by atomic mass is 19.1.